The van der Waals surface area contributed by atoms with Gasteiger partial charge >= 0.3 is 0 Å². The van der Waals surface area contributed by atoms with Crippen LogP contribution in [0.15, 0.2) is 46.6 Å². The third-order valence-electron chi connectivity index (χ3n) is 6.78. The maximum absolute atomic E-state index is 10.8. The van der Waals surface area contributed by atoms with Crippen molar-refractivity contribution >= 4 is 0 Å². The molecule has 2 aliphatic carbocycles. The van der Waals surface area contributed by atoms with Gasteiger partial charge in [-0.25, -0.2) is 0 Å². The molecular formula is C30H52O2. The molecule has 184 valence electrons. The summed E-state index contributed by atoms with van der Waals surface area (Å²) in [4.78, 5) is 0. The Hall–Kier alpha value is -1.12. The van der Waals surface area contributed by atoms with Gasteiger partial charge in [0, 0.05) is 8.22 Å². The summed E-state index contributed by atoms with van der Waals surface area (Å²) in [5, 5.41) is 21.5. The molecule has 2 aliphatic rings. The Balaban J connectivity index is 0.000000380. The third-order valence-corrected chi connectivity index (χ3v) is 6.78. The van der Waals surface area contributed by atoms with E-state index in [1.54, 1.807) is 0 Å². The van der Waals surface area contributed by atoms with Crippen LogP contribution in [0.4, 0.5) is 0 Å². The molecule has 2 nitrogen and oxygen atoms in total. The van der Waals surface area contributed by atoms with Gasteiger partial charge < -0.3 is 10.2 Å². The highest BCUT2D eigenvalue weighted by Crippen LogP contribution is 2.35. The molecular weight excluding hydrogens is 392 g/mol. The van der Waals surface area contributed by atoms with Crippen molar-refractivity contribution in [1.29, 1.82) is 0 Å². The van der Waals surface area contributed by atoms with E-state index in [9.17, 15) is 10.2 Å². The molecule has 0 aromatic carbocycles. The standard InChI is InChI=1S/2C15H26O/c2*1-12(2)6-5-11-15(4,16)14-9-7-13(3)8-10-14/h2*6-7,14,16H,5,8-11H2,1-4H3/t14-,15+;14-,15-/m01/s1/i2*4D3. The van der Waals surface area contributed by atoms with Gasteiger partial charge in [0.2, 0.25) is 0 Å². The second-order valence-corrected chi connectivity index (χ2v) is 10.5. The van der Waals surface area contributed by atoms with E-state index in [0.717, 1.165) is 36.8 Å². The minimum Gasteiger partial charge on any atom is -0.390 e. The van der Waals surface area contributed by atoms with Crippen LogP contribution in [0.2, 0.25) is 0 Å². The number of rotatable bonds is 8. The number of hydrogen-bond acceptors (Lipinski definition) is 2. The predicted molar refractivity (Wildman–Crippen MR) is 141 cm³/mol. The lowest BCUT2D eigenvalue weighted by Gasteiger charge is -2.34. The fourth-order valence-electron chi connectivity index (χ4n) is 4.37. The van der Waals surface area contributed by atoms with Gasteiger partial charge in [-0.1, -0.05) is 46.6 Å². The normalized spacial score (nSPS) is 28.1. The Morgan fingerprint density at radius 3 is 1.47 bits per heavy atom. The SMILES string of the molecule is [2H]C([2H])([2H])[C@@](O)(CCC=C(C)C)[C@@H]1CC=C(C)CC1.[2H]C([2H])([2H])[C@@](O)(CCC=C(C)C)[C@H]1CC=C(C)CC1. The first kappa shape index (κ1) is 20.3. The second-order valence-electron chi connectivity index (χ2n) is 10.5. The van der Waals surface area contributed by atoms with E-state index in [1.807, 2.05) is 39.8 Å². The topological polar surface area (TPSA) is 40.5 Å². The lowest BCUT2D eigenvalue weighted by Crippen LogP contribution is -2.35. The van der Waals surface area contributed by atoms with Crippen molar-refractivity contribution in [3.63, 3.8) is 0 Å². The third kappa shape index (κ3) is 11.1. The first-order valence-corrected chi connectivity index (χ1v) is 12.4. The van der Waals surface area contributed by atoms with Gasteiger partial charge in [-0.05, 0) is 131 Å². The zero-order chi connectivity index (χ0) is 29.4. The fourth-order valence-corrected chi connectivity index (χ4v) is 4.37. The van der Waals surface area contributed by atoms with Crippen molar-refractivity contribution in [2.45, 2.75) is 131 Å². The van der Waals surface area contributed by atoms with Gasteiger partial charge in [0.25, 0.3) is 0 Å². The average Bonchev–Trinajstić information content (AvgIpc) is 2.78. The average molecular weight is 451 g/mol. The molecule has 0 fully saturated rings. The van der Waals surface area contributed by atoms with Crippen LogP contribution in [-0.2, 0) is 0 Å². The molecule has 4 atom stereocenters. The molecule has 0 unspecified atom stereocenters. The first-order chi connectivity index (χ1) is 17.3. The largest absolute Gasteiger partial charge is 0.390 e. The molecule has 2 rings (SSSR count). The van der Waals surface area contributed by atoms with Gasteiger partial charge in [-0.3, -0.25) is 0 Å². The van der Waals surface area contributed by atoms with Crippen LogP contribution in [0.1, 0.15) is 128 Å². The van der Waals surface area contributed by atoms with Gasteiger partial charge in [0.05, 0.1) is 11.2 Å². The maximum atomic E-state index is 10.8. The highest BCUT2D eigenvalue weighted by molar-refractivity contribution is 5.07. The minimum absolute atomic E-state index is 0.158. The highest BCUT2D eigenvalue weighted by atomic mass is 16.3. The second kappa shape index (κ2) is 13.6. The van der Waals surface area contributed by atoms with E-state index < -0.39 is 24.9 Å². The monoisotopic (exact) mass is 450 g/mol. The Morgan fingerprint density at radius 1 is 0.844 bits per heavy atom. The van der Waals surface area contributed by atoms with Crippen LogP contribution in [0.25, 0.3) is 0 Å². The van der Waals surface area contributed by atoms with Crippen LogP contribution in [-0.4, -0.2) is 21.4 Å². The highest BCUT2D eigenvalue weighted by Gasteiger charge is 2.32. The molecule has 0 aliphatic heterocycles. The maximum Gasteiger partial charge on any atom is 0.0653 e. The van der Waals surface area contributed by atoms with E-state index in [2.05, 4.69) is 26.0 Å². The molecule has 32 heavy (non-hydrogen) atoms. The summed E-state index contributed by atoms with van der Waals surface area (Å²) in [5.41, 5.74) is 1.80. The summed E-state index contributed by atoms with van der Waals surface area (Å²) < 4.78 is 46.2. The lowest BCUT2D eigenvalue weighted by molar-refractivity contribution is -0.0125. The number of hydrogen-bond donors (Lipinski definition) is 2. The Labute approximate surface area is 208 Å². The zero-order valence-corrected chi connectivity index (χ0v) is 21.4. The van der Waals surface area contributed by atoms with Crippen LogP contribution in [0.5, 0.6) is 0 Å². The molecule has 2 N–H and O–H groups in total. The van der Waals surface area contributed by atoms with Crippen LogP contribution in [0.3, 0.4) is 0 Å². The molecule has 0 amide bonds. The van der Waals surface area contributed by atoms with Crippen molar-refractivity contribution in [2.24, 2.45) is 11.8 Å². The summed E-state index contributed by atoms with van der Waals surface area (Å²) in [5.74, 6) is -0.316. The molecule has 0 saturated heterocycles. The van der Waals surface area contributed by atoms with E-state index in [1.165, 1.54) is 11.1 Å². The Kier molecular flexibility index (Phi) is 8.59. The van der Waals surface area contributed by atoms with E-state index in [-0.39, 0.29) is 11.8 Å². The summed E-state index contributed by atoms with van der Waals surface area (Å²) in [6.45, 7) is 7.45. The summed E-state index contributed by atoms with van der Waals surface area (Å²) in [7, 11) is 0. The molecule has 0 heterocycles. The summed E-state index contributed by atoms with van der Waals surface area (Å²) in [6, 6.07) is 0. The van der Waals surface area contributed by atoms with Gasteiger partial charge in [0.1, 0.15) is 0 Å². The molecule has 0 spiro atoms. The minimum atomic E-state index is -2.31. The number of allylic oxidation sites excluding steroid dienone is 8. The van der Waals surface area contributed by atoms with Gasteiger partial charge in [0.15, 0.2) is 0 Å². The van der Waals surface area contributed by atoms with Crippen molar-refractivity contribution in [2.75, 3.05) is 0 Å². The van der Waals surface area contributed by atoms with Crippen molar-refractivity contribution < 1.29 is 18.4 Å². The zero-order valence-electron chi connectivity index (χ0n) is 27.4. The van der Waals surface area contributed by atoms with Gasteiger partial charge in [-0.2, -0.15) is 0 Å². The van der Waals surface area contributed by atoms with Crippen LogP contribution >= 0.6 is 0 Å². The van der Waals surface area contributed by atoms with Crippen molar-refractivity contribution in [1.82, 2.24) is 0 Å². The molecule has 0 bridgehead atoms. The van der Waals surface area contributed by atoms with Crippen molar-refractivity contribution in [3.8, 4) is 0 Å². The molecule has 0 radical (unpaired) electrons. The molecule has 0 aromatic heterocycles. The summed E-state index contributed by atoms with van der Waals surface area (Å²) in [6.07, 6.45) is 14.7. The van der Waals surface area contributed by atoms with E-state index in [0.29, 0.717) is 38.5 Å². The number of aliphatic hydroxyl groups is 2. The summed E-state index contributed by atoms with van der Waals surface area (Å²) >= 11 is 0. The Morgan fingerprint density at radius 2 is 1.22 bits per heavy atom. The van der Waals surface area contributed by atoms with Gasteiger partial charge in [-0.15, -0.1) is 0 Å². The van der Waals surface area contributed by atoms with E-state index in [4.69, 9.17) is 8.22 Å². The lowest BCUT2D eigenvalue weighted by atomic mass is 9.76. The van der Waals surface area contributed by atoms with Crippen LogP contribution < -0.4 is 0 Å². The van der Waals surface area contributed by atoms with Crippen molar-refractivity contribution in [3.05, 3.63) is 46.6 Å². The molecule has 0 aromatic rings. The fraction of sp³-hybridized carbons (Fsp3) is 0.733. The first-order valence-electron chi connectivity index (χ1n) is 15.4. The molecule has 0 saturated carbocycles. The van der Waals surface area contributed by atoms with Crippen LogP contribution in [0, 0.1) is 11.8 Å². The van der Waals surface area contributed by atoms with E-state index >= 15 is 0 Å². The molecule has 2 heteroatoms. The Bertz CT molecular complexity index is 800. The predicted octanol–water partition coefficient (Wildman–Crippen LogP) is 8.46. The quantitative estimate of drug-likeness (QED) is 0.364. The smallest absolute Gasteiger partial charge is 0.0653 e.